The van der Waals surface area contributed by atoms with Crippen molar-refractivity contribution >= 4 is 15.7 Å². The molecule has 0 radical (unpaired) electrons. The second-order valence-electron chi connectivity index (χ2n) is 5.18. The third-order valence-electron chi connectivity index (χ3n) is 3.59. The fraction of sp³-hybridized carbons (Fsp3) is 0.538. The van der Waals surface area contributed by atoms with Gasteiger partial charge in [0.1, 0.15) is 4.90 Å². The van der Waals surface area contributed by atoms with E-state index in [2.05, 4.69) is 4.72 Å². The Morgan fingerprint density at radius 2 is 2.16 bits per heavy atom. The summed E-state index contributed by atoms with van der Waals surface area (Å²) in [5, 5.41) is 9.44. The molecule has 0 saturated heterocycles. The molecule has 1 aromatic rings. The highest BCUT2D eigenvalue weighted by molar-refractivity contribution is 7.89. The number of aliphatic hydroxyl groups excluding tert-OH is 1. The van der Waals surface area contributed by atoms with Crippen molar-refractivity contribution in [3.8, 4) is 0 Å². The van der Waals surface area contributed by atoms with Gasteiger partial charge in [-0.1, -0.05) is 12.1 Å². The topological polar surface area (TPSA) is 92.4 Å². The largest absolute Gasteiger partial charge is 0.398 e. The van der Waals surface area contributed by atoms with Crippen LogP contribution in [-0.4, -0.2) is 26.2 Å². The summed E-state index contributed by atoms with van der Waals surface area (Å²) in [6.07, 6.45) is 1.97. The zero-order valence-corrected chi connectivity index (χ0v) is 11.8. The van der Waals surface area contributed by atoms with Crippen molar-refractivity contribution in [2.24, 2.45) is 5.92 Å². The van der Waals surface area contributed by atoms with Crippen LogP contribution in [0.5, 0.6) is 0 Å². The van der Waals surface area contributed by atoms with Gasteiger partial charge in [-0.25, -0.2) is 13.1 Å². The number of benzene rings is 1. The summed E-state index contributed by atoms with van der Waals surface area (Å²) >= 11 is 0. The molecule has 0 spiro atoms. The minimum Gasteiger partial charge on any atom is -0.398 e. The number of rotatable bonds is 4. The molecule has 0 aliphatic heterocycles. The van der Waals surface area contributed by atoms with Gasteiger partial charge in [-0.2, -0.15) is 0 Å². The van der Waals surface area contributed by atoms with Crippen molar-refractivity contribution in [1.82, 2.24) is 4.72 Å². The molecule has 2 atom stereocenters. The minimum absolute atomic E-state index is 0.161. The van der Waals surface area contributed by atoms with Gasteiger partial charge in [0.05, 0.1) is 11.8 Å². The van der Waals surface area contributed by atoms with E-state index in [1.54, 1.807) is 25.1 Å². The predicted octanol–water partition coefficient (Wildman–Crippen LogP) is 1.02. The Labute approximate surface area is 113 Å². The number of nitrogen functional groups attached to an aromatic ring is 1. The highest BCUT2D eigenvalue weighted by atomic mass is 32.2. The molecule has 4 N–H and O–H groups in total. The van der Waals surface area contributed by atoms with Crippen LogP contribution in [0.1, 0.15) is 24.8 Å². The number of hydrogen-bond donors (Lipinski definition) is 3. The lowest BCUT2D eigenvalue weighted by atomic mass is 10.1. The van der Waals surface area contributed by atoms with Crippen LogP contribution in [0.3, 0.4) is 0 Å². The first-order valence-electron chi connectivity index (χ1n) is 6.43. The summed E-state index contributed by atoms with van der Waals surface area (Å²) in [7, 11) is -3.58. The van der Waals surface area contributed by atoms with E-state index in [4.69, 9.17) is 5.73 Å². The first-order chi connectivity index (χ1) is 8.90. The minimum atomic E-state index is -3.58. The van der Waals surface area contributed by atoms with E-state index in [9.17, 15) is 13.5 Å². The molecule has 1 fully saturated rings. The highest BCUT2D eigenvalue weighted by Gasteiger charge is 2.26. The zero-order chi connectivity index (χ0) is 14.0. The number of anilines is 1. The number of nitrogens with one attached hydrogen (secondary N) is 1. The molecule has 1 aromatic carbocycles. The van der Waals surface area contributed by atoms with E-state index < -0.39 is 10.0 Å². The number of aliphatic hydroxyl groups is 1. The number of aryl methyl sites for hydroxylation is 1. The predicted molar refractivity (Wildman–Crippen MR) is 74.1 cm³/mol. The van der Waals surface area contributed by atoms with E-state index in [1.807, 2.05) is 0 Å². The van der Waals surface area contributed by atoms with Crippen LogP contribution in [0.2, 0.25) is 0 Å². The van der Waals surface area contributed by atoms with E-state index in [1.165, 1.54) is 0 Å². The maximum absolute atomic E-state index is 12.3. The Kier molecular flexibility index (Phi) is 4.13. The van der Waals surface area contributed by atoms with Crippen LogP contribution in [0.4, 0.5) is 5.69 Å². The van der Waals surface area contributed by atoms with E-state index in [0.29, 0.717) is 18.5 Å². The van der Waals surface area contributed by atoms with Crippen molar-refractivity contribution in [3.05, 3.63) is 23.8 Å². The first-order valence-corrected chi connectivity index (χ1v) is 7.91. The van der Waals surface area contributed by atoms with Gasteiger partial charge in [0, 0.05) is 6.54 Å². The molecule has 0 bridgehead atoms. The summed E-state index contributed by atoms with van der Waals surface area (Å²) in [6.45, 7) is 2.08. The molecule has 1 aliphatic carbocycles. The molecule has 1 aliphatic rings. The molecule has 0 aromatic heterocycles. The van der Waals surface area contributed by atoms with Crippen LogP contribution in [-0.2, 0) is 10.0 Å². The van der Waals surface area contributed by atoms with E-state index in [-0.39, 0.29) is 22.6 Å². The molecule has 2 rings (SSSR count). The molecule has 106 valence electrons. The maximum atomic E-state index is 12.3. The van der Waals surface area contributed by atoms with Gasteiger partial charge in [-0.15, -0.1) is 0 Å². The summed E-state index contributed by atoms with van der Waals surface area (Å²) < 4.78 is 27.1. The number of nitrogens with two attached hydrogens (primary N) is 1. The fourth-order valence-electron chi connectivity index (χ4n) is 2.58. The quantitative estimate of drug-likeness (QED) is 0.720. The number of sulfonamides is 1. The van der Waals surface area contributed by atoms with Crippen molar-refractivity contribution in [1.29, 1.82) is 0 Å². The summed E-state index contributed by atoms with van der Waals surface area (Å²) in [6, 6.07) is 5.04. The third-order valence-corrected chi connectivity index (χ3v) is 5.23. The molecule has 0 heterocycles. The fourth-order valence-corrected chi connectivity index (χ4v) is 4.05. The highest BCUT2D eigenvalue weighted by Crippen LogP contribution is 2.26. The monoisotopic (exact) mass is 284 g/mol. The molecule has 2 unspecified atom stereocenters. The Morgan fingerprint density at radius 3 is 2.74 bits per heavy atom. The smallest absolute Gasteiger partial charge is 0.242 e. The molecule has 0 amide bonds. The van der Waals surface area contributed by atoms with Crippen molar-refractivity contribution < 1.29 is 13.5 Å². The van der Waals surface area contributed by atoms with Gasteiger partial charge in [-0.05, 0) is 43.7 Å². The average molecular weight is 284 g/mol. The van der Waals surface area contributed by atoms with Crippen LogP contribution < -0.4 is 10.5 Å². The lowest BCUT2D eigenvalue weighted by Gasteiger charge is -2.14. The van der Waals surface area contributed by atoms with Crippen molar-refractivity contribution in [2.75, 3.05) is 12.3 Å². The van der Waals surface area contributed by atoms with Gasteiger partial charge in [-0.3, -0.25) is 0 Å². The van der Waals surface area contributed by atoms with E-state index >= 15 is 0 Å². The van der Waals surface area contributed by atoms with Crippen LogP contribution in [0, 0.1) is 12.8 Å². The summed E-state index contributed by atoms with van der Waals surface area (Å²) in [5.41, 5.74) is 6.65. The van der Waals surface area contributed by atoms with Gasteiger partial charge in [0.2, 0.25) is 10.0 Å². The molecule has 5 nitrogen and oxygen atoms in total. The first kappa shape index (κ1) is 14.3. The second-order valence-corrected chi connectivity index (χ2v) is 6.88. The molecule has 19 heavy (non-hydrogen) atoms. The lowest BCUT2D eigenvalue weighted by molar-refractivity contribution is 0.178. The standard InChI is InChI=1S/C13H20N2O3S/c1-9-3-2-4-12(14)13(9)19(17,18)15-8-10-5-6-11(16)7-10/h2-4,10-11,15-16H,5-8,14H2,1H3. The Balaban J connectivity index is 2.10. The lowest BCUT2D eigenvalue weighted by Crippen LogP contribution is -2.30. The molecular weight excluding hydrogens is 264 g/mol. The van der Waals surface area contributed by atoms with Crippen molar-refractivity contribution in [3.63, 3.8) is 0 Å². The Morgan fingerprint density at radius 1 is 1.42 bits per heavy atom. The average Bonchev–Trinajstić information content (AvgIpc) is 2.72. The second kappa shape index (κ2) is 5.48. The van der Waals surface area contributed by atoms with Gasteiger partial charge >= 0.3 is 0 Å². The van der Waals surface area contributed by atoms with Gasteiger partial charge in [0.25, 0.3) is 0 Å². The molecular formula is C13H20N2O3S. The zero-order valence-electron chi connectivity index (χ0n) is 11.0. The van der Waals surface area contributed by atoms with Gasteiger partial charge < -0.3 is 10.8 Å². The SMILES string of the molecule is Cc1cccc(N)c1S(=O)(=O)NCC1CCC(O)C1. The van der Waals surface area contributed by atoms with Crippen LogP contribution in [0.25, 0.3) is 0 Å². The van der Waals surface area contributed by atoms with Crippen molar-refractivity contribution in [2.45, 2.75) is 37.2 Å². The molecule has 1 saturated carbocycles. The Bertz CT molecular complexity index is 537. The van der Waals surface area contributed by atoms with E-state index in [0.717, 1.165) is 12.8 Å². The summed E-state index contributed by atoms with van der Waals surface area (Å²) in [5.74, 6) is 0.204. The number of hydrogen-bond acceptors (Lipinski definition) is 4. The third kappa shape index (κ3) is 3.26. The molecule has 6 heteroatoms. The maximum Gasteiger partial charge on any atom is 0.242 e. The normalized spacial score (nSPS) is 23.7. The van der Waals surface area contributed by atoms with Gasteiger partial charge in [0.15, 0.2) is 0 Å². The van der Waals surface area contributed by atoms with Crippen LogP contribution >= 0.6 is 0 Å². The summed E-state index contributed by atoms with van der Waals surface area (Å²) in [4.78, 5) is 0.161. The Hall–Kier alpha value is -1.11. The van der Waals surface area contributed by atoms with Crippen LogP contribution in [0.15, 0.2) is 23.1 Å².